The number of nitrogens with one attached hydrogen (secondary N) is 1. The van der Waals surface area contributed by atoms with Crippen LogP contribution in [-0.2, 0) is 11.3 Å². The minimum atomic E-state index is -0.289. The van der Waals surface area contributed by atoms with E-state index in [1.807, 2.05) is 49.5 Å². The number of aromatic nitrogens is 3. The van der Waals surface area contributed by atoms with Gasteiger partial charge in [0.05, 0.1) is 16.8 Å². The van der Waals surface area contributed by atoms with E-state index < -0.39 is 0 Å². The van der Waals surface area contributed by atoms with Crippen molar-refractivity contribution in [3.63, 3.8) is 0 Å². The molecule has 0 fully saturated rings. The molecule has 3 rings (SSSR count). The minimum Gasteiger partial charge on any atom is -0.308 e. The van der Waals surface area contributed by atoms with E-state index >= 15 is 0 Å². The summed E-state index contributed by atoms with van der Waals surface area (Å²) in [5.41, 5.74) is 1.05. The Balaban J connectivity index is 1.58. The summed E-state index contributed by atoms with van der Waals surface area (Å²) in [4.78, 5) is 17.3. The van der Waals surface area contributed by atoms with Crippen molar-refractivity contribution in [3.05, 3.63) is 71.6 Å². The van der Waals surface area contributed by atoms with E-state index in [9.17, 15) is 4.79 Å². The lowest BCUT2D eigenvalue weighted by molar-refractivity contribution is -0.115. The number of hydrogen-bond acceptors (Lipinski definition) is 4. The third-order valence-corrected chi connectivity index (χ3v) is 5.09. The van der Waals surface area contributed by atoms with Crippen molar-refractivity contribution in [1.82, 2.24) is 14.8 Å². The number of thioether (sulfide) groups is 1. The Hall–Kier alpha value is -2.31. The molecule has 2 heterocycles. The molecule has 0 aliphatic heterocycles. The van der Waals surface area contributed by atoms with Crippen molar-refractivity contribution in [3.8, 4) is 0 Å². The summed E-state index contributed by atoms with van der Waals surface area (Å²) in [5, 5.41) is 7.57. The molecule has 1 N–H and O–H groups in total. The minimum absolute atomic E-state index is 0.114. The summed E-state index contributed by atoms with van der Waals surface area (Å²) in [6.07, 6.45) is 5.35. The van der Waals surface area contributed by atoms with Crippen LogP contribution in [0.2, 0.25) is 5.02 Å². The highest BCUT2D eigenvalue weighted by Crippen LogP contribution is 2.30. The largest absolute Gasteiger partial charge is 0.308 e. The first-order chi connectivity index (χ1) is 12.1. The van der Waals surface area contributed by atoms with Crippen molar-refractivity contribution >= 4 is 35.1 Å². The number of anilines is 1. The predicted molar refractivity (Wildman–Crippen MR) is 101 cm³/mol. The lowest BCUT2D eigenvalue weighted by atomic mass is 10.3. The summed E-state index contributed by atoms with van der Waals surface area (Å²) in [6, 6.07) is 13.1. The second kappa shape index (κ2) is 8.18. The Morgan fingerprint density at radius 1 is 1.28 bits per heavy atom. The van der Waals surface area contributed by atoms with Gasteiger partial charge in [0, 0.05) is 29.6 Å². The molecule has 0 radical (unpaired) electrons. The molecule has 0 saturated heterocycles. The van der Waals surface area contributed by atoms with Crippen molar-refractivity contribution < 1.29 is 4.79 Å². The smallest absolute Gasteiger partial charge is 0.238 e. The number of halogens is 1. The number of hydrogen-bond donors (Lipinski definition) is 1. The lowest BCUT2D eigenvalue weighted by Gasteiger charge is -2.11. The first-order valence-corrected chi connectivity index (χ1v) is 9.02. The summed E-state index contributed by atoms with van der Waals surface area (Å²) >= 11 is 7.56. The number of carbonyl (C=O) groups excluding carboxylic acids is 1. The molecule has 0 aliphatic rings. The molecule has 0 aliphatic carbocycles. The van der Waals surface area contributed by atoms with Gasteiger partial charge in [-0.15, -0.1) is 11.8 Å². The van der Waals surface area contributed by atoms with Gasteiger partial charge in [0.2, 0.25) is 5.91 Å². The van der Waals surface area contributed by atoms with Crippen LogP contribution >= 0.6 is 23.4 Å². The SMILES string of the molecule is CC(Sc1ccccc1Cl)C(=O)Nc1ccn(Cc2cccnc2)n1. The van der Waals surface area contributed by atoms with Crippen molar-refractivity contribution in [1.29, 1.82) is 0 Å². The second-order valence-corrected chi connectivity index (χ2v) is 7.23. The molecule has 0 bridgehead atoms. The molecule has 5 nitrogen and oxygen atoms in total. The second-order valence-electron chi connectivity index (χ2n) is 5.44. The van der Waals surface area contributed by atoms with Crippen LogP contribution in [0.3, 0.4) is 0 Å². The lowest BCUT2D eigenvalue weighted by Crippen LogP contribution is -2.22. The number of nitrogens with zero attached hydrogens (tertiary/aromatic N) is 3. The molecule has 1 aromatic carbocycles. The Labute approximate surface area is 155 Å². The molecule has 0 saturated carbocycles. The average Bonchev–Trinajstić information content (AvgIpc) is 3.04. The van der Waals surface area contributed by atoms with Crippen LogP contribution in [0.15, 0.2) is 66.0 Å². The van der Waals surface area contributed by atoms with E-state index in [-0.39, 0.29) is 11.2 Å². The van der Waals surface area contributed by atoms with Crippen LogP contribution < -0.4 is 5.32 Å². The maximum absolute atomic E-state index is 12.4. The van der Waals surface area contributed by atoms with Crippen molar-refractivity contribution in [2.75, 3.05) is 5.32 Å². The zero-order valence-corrected chi connectivity index (χ0v) is 15.2. The molecule has 3 aromatic rings. The average molecular weight is 373 g/mol. The highest BCUT2D eigenvalue weighted by molar-refractivity contribution is 8.00. The van der Waals surface area contributed by atoms with Gasteiger partial charge in [-0.05, 0) is 30.7 Å². The first kappa shape index (κ1) is 17.5. The van der Waals surface area contributed by atoms with Crippen LogP contribution in [0, 0.1) is 0 Å². The molecule has 0 spiro atoms. The van der Waals surface area contributed by atoms with E-state index in [4.69, 9.17) is 11.6 Å². The zero-order chi connectivity index (χ0) is 17.6. The Kier molecular flexibility index (Phi) is 5.73. The third kappa shape index (κ3) is 4.84. The molecular weight excluding hydrogens is 356 g/mol. The van der Waals surface area contributed by atoms with E-state index in [0.717, 1.165) is 10.5 Å². The zero-order valence-electron chi connectivity index (χ0n) is 13.6. The molecule has 1 unspecified atom stereocenters. The predicted octanol–water partition coefficient (Wildman–Crippen LogP) is 4.10. The van der Waals surface area contributed by atoms with Crippen LogP contribution in [-0.4, -0.2) is 25.9 Å². The van der Waals surface area contributed by atoms with Gasteiger partial charge in [-0.1, -0.05) is 29.8 Å². The topological polar surface area (TPSA) is 59.8 Å². The van der Waals surface area contributed by atoms with Gasteiger partial charge in [-0.25, -0.2) is 0 Å². The van der Waals surface area contributed by atoms with Crippen LogP contribution in [0.25, 0.3) is 0 Å². The Morgan fingerprint density at radius 2 is 2.12 bits per heavy atom. The number of pyridine rings is 1. The van der Waals surface area contributed by atoms with Crippen molar-refractivity contribution in [2.24, 2.45) is 0 Å². The van der Waals surface area contributed by atoms with E-state index in [0.29, 0.717) is 17.4 Å². The van der Waals surface area contributed by atoms with Crippen LogP contribution in [0.5, 0.6) is 0 Å². The Morgan fingerprint density at radius 3 is 2.88 bits per heavy atom. The molecule has 7 heteroatoms. The van der Waals surface area contributed by atoms with Gasteiger partial charge >= 0.3 is 0 Å². The van der Waals surface area contributed by atoms with Gasteiger partial charge in [0.15, 0.2) is 5.82 Å². The van der Waals surface area contributed by atoms with Gasteiger partial charge in [-0.2, -0.15) is 5.10 Å². The molecule has 1 atom stereocenters. The van der Waals surface area contributed by atoms with Gasteiger partial charge in [0.25, 0.3) is 0 Å². The molecular formula is C18H17ClN4OS. The molecule has 1 amide bonds. The summed E-state index contributed by atoms with van der Waals surface area (Å²) in [7, 11) is 0. The number of carbonyl (C=O) groups is 1. The highest BCUT2D eigenvalue weighted by atomic mass is 35.5. The third-order valence-electron chi connectivity index (χ3n) is 3.47. The molecule has 128 valence electrons. The summed E-state index contributed by atoms with van der Waals surface area (Å²) < 4.78 is 1.76. The summed E-state index contributed by atoms with van der Waals surface area (Å²) in [5.74, 6) is 0.414. The summed E-state index contributed by atoms with van der Waals surface area (Å²) in [6.45, 7) is 2.45. The fourth-order valence-electron chi connectivity index (χ4n) is 2.21. The maximum Gasteiger partial charge on any atom is 0.238 e. The Bertz CT molecular complexity index is 853. The number of amides is 1. The monoisotopic (exact) mass is 372 g/mol. The fourth-order valence-corrected chi connectivity index (χ4v) is 3.36. The van der Waals surface area contributed by atoms with Crippen LogP contribution in [0.1, 0.15) is 12.5 Å². The van der Waals surface area contributed by atoms with E-state index in [2.05, 4.69) is 15.4 Å². The highest BCUT2D eigenvalue weighted by Gasteiger charge is 2.16. The molecule has 2 aromatic heterocycles. The van der Waals surface area contributed by atoms with Crippen molar-refractivity contribution in [2.45, 2.75) is 23.6 Å². The van der Waals surface area contributed by atoms with Gasteiger partial charge < -0.3 is 5.32 Å². The maximum atomic E-state index is 12.4. The van der Waals surface area contributed by atoms with E-state index in [1.54, 1.807) is 23.1 Å². The van der Waals surface area contributed by atoms with Crippen LogP contribution in [0.4, 0.5) is 5.82 Å². The normalized spacial score (nSPS) is 11.9. The first-order valence-electron chi connectivity index (χ1n) is 7.76. The van der Waals surface area contributed by atoms with E-state index in [1.165, 1.54) is 11.8 Å². The van der Waals surface area contributed by atoms with Gasteiger partial charge in [0.1, 0.15) is 0 Å². The standard InChI is InChI=1S/C18H17ClN4OS/c1-13(25-16-7-3-2-6-15(16)19)18(24)21-17-8-10-23(22-17)12-14-5-4-9-20-11-14/h2-11,13H,12H2,1H3,(H,21,22,24). The quantitative estimate of drug-likeness (QED) is 0.662. The number of rotatable bonds is 6. The fraction of sp³-hybridized carbons (Fsp3) is 0.167. The van der Waals surface area contributed by atoms with Gasteiger partial charge in [-0.3, -0.25) is 14.5 Å². The number of benzene rings is 1. The molecule has 25 heavy (non-hydrogen) atoms.